The molecule has 0 aromatic heterocycles. The molecule has 15 heavy (non-hydrogen) atoms. The Hall–Kier alpha value is -0.570. The van der Waals surface area contributed by atoms with E-state index in [-0.39, 0.29) is 0 Å². The number of carboxylic acid groups (broad SMARTS) is 1. The molecule has 0 radical (unpaired) electrons. The van der Waals surface area contributed by atoms with Crippen molar-refractivity contribution in [1.82, 2.24) is 4.90 Å². The highest BCUT2D eigenvalue weighted by atomic mass is 16.4. The fraction of sp³-hybridized carbons (Fsp3) is 0.917. The third-order valence-corrected chi connectivity index (χ3v) is 3.81. The van der Waals surface area contributed by atoms with Gasteiger partial charge in [-0.15, -0.1) is 0 Å². The van der Waals surface area contributed by atoms with Gasteiger partial charge < -0.3 is 10.0 Å². The van der Waals surface area contributed by atoms with Gasteiger partial charge in [-0.3, -0.25) is 4.79 Å². The van der Waals surface area contributed by atoms with E-state index in [9.17, 15) is 4.79 Å². The molecule has 86 valence electrons. The van der Waals surface area contributed by atoms with Gasteiger partial charge >= 0.3 is 5.97 Å². The highest BCUT2D eigenvalue weighted by molar-refractivity contribution is 5.67. The van der Waals surface area contributed by atoms with E-state index >= 15 is 0 Å². The summed E-state index contributed by atoms with van der Waals surface area (Å²) in [5, 5.41) is 8.77. The Kier molecular flexibility index (Phi) is 3.62. The number of hydrogen-bond donors (Lipinski definition) is 1. The van der Waals surface area contributed by atoms with Crippen molar-refractivity contribution in [3.63, 3.8) is 0 Å². The van der Waals surface area contributed by atoms with Gasteiger partial charge in [-0.25, -0.2) is 0 Å². The van der Waals surface area contributed by atoms with Crippen molar-refractivity contribution in [1.29, 1.82) is 0 Å². The third-order valence-electron chi connectivity index (χ3n) is 3.81. The van der Waals surface area contributed by atoms with E-state index in [1.54, 1.807) is 0 Å². The van der Waals surface area contributed by atoms with E-state index in [1.165, 1.54) is 38.8 Å². The van der Waals surface area contributed by atoms with Gasteiger partial charge in [0.15, 0.2) is 0 Å². The summed E-state index contributed by atoms with van der Waals surface area (Å²) in [6.45, 7) is 3.42. The van der Waals surface area contributed by atoms with Gasteiger partial charge in [-0.1, -0.05) is 6.42 Å². The molecule has 2 fully saturated rings. The Bertz CT molecular complexity index is 226. The SMILES string of the molecule is O=C(O)CC1CCCN(CC2CCC2)C1. The third kappa shape index (κ3) is 3.20. The van der Waals surface area contributed by atoms with Crippen molar-refractivity contribution in [2.45, 2.75) is 38.5 Å². The van der Waals surface area contributed by atoms with Crippen molar-refractivity contribution in [3.8, 4) is 0 Å². The molecule has 2 aliphatic rings. The Morgan fingerprint density at radius 1 is 1.20 bits per heavy atom. The van der Waals surface area contributed by atoms with E-state index in [2.05, 4.69) is 4.90 Å². The number of nitrogens with zero attached hydrogens (tertiary/aromatic N) is 1. The molecule has 0 bridgehead atoms. The van der Waals surface area contributed by atoms with Crippen LogP contribution in [0.15, 0.2) is 0 Å². The Labute approximate surface area is 91.5 Å². The zero-order valence-corrected chi connectivity index (χ0v) is 9.32. The fourth-order valence-electron chi connectivity index (χ4n) is 2.77. The largest absolute Gasteiger partial charge is 0.481 e. The van der Waals surface area contributed by atoms with Gasteiger partial charge in [0.1, 0.15) is 0 Å². The fourth-order valence-corrected chi connectivity index (χ4v) is 2.77. The number of carbonyl (C=O) groups is 1. The maximum absolute atomic E-state index is 10.6. The number of hydrogen-bond acceptors (Lipinski definition) is 2. The molecule has 3 heteroatoms. The lowest BCUT2D eigenvalue weighted by molar-refractivity contribution is -0.138. The lowest BCUT2D eigenvalue weighted by Crippen LogP contribution is -2.40. The minimum absolute atomic E-state index is 0.362. The van der Waals surface area contributed by atoms with E-state index in [4.69, 9.17) is 5.11 Å². The van der Waals surface area contributed by atoms with Crippen molar-refractivity contribution in [2.24, 2.45) is 11.8 Å². The molecule has 1 N–H and O–H groups in total. The molecule has 1 unspecified atom stereocenters. The van der Waals surface area contributed by atoms with Crippen LogP contribution in [0.4, 0.5) is 0 Å². The van der Waals surface area contributed by atoms with Gasteiger partial charge in [-0.2, -0.15) is 0 Å². The molecule has 1 saturated heterocycles. The zero-order chi connectivity index (χ0) is 10.7. The second kappa shape index (κ2) is 4.97. The first-order chi connectivity index (χ1) is 7.24. The first-order valence-corrected chi connectivity index (χ1v) is 6.18. The van der Waals surface area contributed by atoms with Crippen LogP contribution < -0.4 is 0 Å². The minimum Gasteiger partial charge on any atom is -0.481 e. The van der Waals surface area contributed by atoms with Crippen LogP contribution in [0, 0.1) is 11.8 Å². The number of piperidine rings is 1. The topological polar surface area (TPSA) is 40.5 Å². The first kappa shape index (κ1) is 10.9. The summed E-state index contributed by atoms with van der Waals surface area (Å²) in [6.07, 6.45) is 6.83. The van der Waals surface area contributed by atoms with Gasteiger partial charge in [0, 0.05) is 19.5 Å². The molecule has 1 aliphatic heterocycles. The van der Waals surface area contributed by atoms with Crippen LogP contribution in [0.25, 0.3) is 0 Å². The summed E-state index contributed by atoms with van der Waals surface area (Å²) >= 11 is 0. The average Bonchev–Trinajstić information content (AvgIpc) is 2.11. The van der Waals surface area contributed by atoms with Crippen LogP contribution in [-0.4, -0.2) is 35.6 Å². The van der Waals surface area contributed by atoms with E-state index in [1.807, 2.05) is 0 Å². The lowest BCUT2D eigenvalue weighted by Gasteiger charge is -2.37. The number of rotatable bonds is 4. The van der Waals surface area contributed by atoms with E-state index in [0.29, 0.717) is 12.3 Å². The molecular weight excluding hydrogens is 190 g/mol. The van der Waals surface area contributed by atoms with E-state index < -0.39 is 5.97 Å². The number of likely N-dealkylation sites (tertiary alicyclic amines) is 1. The standard InChI is InChI=1S/C12H21NO2/c14-12(15)7-11-5-2-6-13(9-11)8-10-3-1-4-10/h10-11H,1-9H2,(H,14,15). The van der Waals surface area contributed by atoms with Crippen molar-refractivity contribution < 1.29 is 9.90 Å². The normalized spacial score (nSPS) is 28.7. The quantitative estimate of drug-likeness (QED) is 0.773. The molecule has 1 saturated carbocycles. The number of aliphatic carboxylic acids is 1. The van der Waals surface area contributed by atoms with Crippen LogP contribution in [0.1, 0.15) is 38.5 Å². The Morgan fingerprint density at radius 2 is 1.93 bits per heavy atom. The lowest BCUT2D eigenvalue weighted by atomic mass is 9.84. The summed E-state index contributed by atoms with van der Waals surface area (Å²) in [6, 6.07) is 0. The van der Waals surface area contributed by atoms with Gasteiger partial charge in [0.25, 0.3) is 0 Å². The zero-order valence-electron chi connectivity index (χ0n) is 9.32. The highest BCUT2D eigenvalue weighted by Crippen LogP contribution is 2.29. The van der Waals surface area contributed by atoms with Crippen molar-refractivity contribution in [3.05, 3.63) is 0 Å². The van der Waals surface area contributed by atoms with Crippen LogP contribution in [0.2, 0.25) is 0 Å². The Balaban J connectivity index is 1.73. The van der Waals surface area contributed by atoms with Gasteiger partial charge in [0.2, 0.25) is 0 Å². The van der Waals surface area contributed by atoms with Crippen molar-refractivity contribution >= 4 is 5.97 Å². The molecule has 1 aliphatic carbocycles. The molecule has 0 aromatic carbocycles. The highest BCUT2D eigenvalue weighted by Gasteiger charge is 2.26. The summed E-state index contributed by atoms with van der Waals surface area (Å²) in [5.41, 5.74) is 0. The Morgan fingerprint density at radius 3 is 2.53 bits per heavy atom. The maximum atomic E-state index is 10.6. The molecule has 0 aromatic rings. The molecule has 3 nitrogen and oxygen atoms in total. The minimum atomic E-state index is -0.634. The summed E-state index contributed by atoms with van der Waals surface area (Å²) in [5.74, 6) is 0.676. The molecular formula is C12H21NO2. The summed E-state index contributed by atoms with van der Waals surface area (Å²) < 4.78 is 0. The van der Waals surface area contributed by atoms with Crippen LogP contribution >= 0.6 is 0 Å². The first-order valence-electron chi connectivity index (χ1n) is 6.18. The predicted molar refractivity (Wildman–Crippen MR) is 58.8 cm³/mol. The predicted octanol–water partition coefficient (Wildman–Crippen LogP) is 1.97. The smallest absolute Gasteiger partial charge is 0.303 e. The number of carboxylic acids is 1. The molecule has 0 spiro atoms. The summed E-state index contributed by atoms with van der Waals surface area (Å²) in [4.78, 5) is 13.1. The molecule has 0 amide bonds. The van der Waals surface area contributed by atoms with Gasteiger partial charge in [0.05, 0.1) is 0 Å². The summed E-state index contributed by atoms with van der Waals surface area (Å²) in [7, 11) is 0. The van der Waals surface area contributed by atoms with E-state index in [0.717, 1.165) is 18.9 Å². The monoisotopic (exact) mass is 211 g/mol. The molecule has 2 rings (SSSR count). The maximum Gasteiger partial charge on any atom is 0.303 e. The average molecular weight is 211 g/mol. The van der Waals surface area contributed by atoms with Crippen LogP contribution in [-0.2, 0) is 4.79 Å². The van der Waals surface area contributed by atoms with Crippen LogP contribution in [0.5, 0.6) is 0 Å². The molecule has 1 atom stereocenters. The molecule has 1 heterocycles. The second-order valence-electron chi connectivity index (χ2n) is 5.16. The van der Waals surface area contributed by atoms with Gasteiger partial charge in [-0.05, 0) is 44.1 Å². The second-order valence-corrected chi connectivity index (χ2v) is 5.16. The van der Waals surface area contributed by atoms with Crippen LogP contribution in [0.3, 0.4) is 0 Å². The van der Waals surface area contributed by atoms with Crippen molar-refractivity contribution in [2.75, 3.05) is 19.6 Å².